The fourth-order valence-electron chi connectivity index (χ4n) is 2.79. The Balaban J connectivity index is 1.53. The lowest BCUT2D eigenvalue weighted by atomic mass is 10.1. The number of benzene rings is 2. The van der Waals surface area contributed by atoms with Gasteiger partial charge >= 0.3 is 0 Å². The van der Waals surface area contributed by atoms with Crippen molar-refractivity contribution < 1.29 is 4.39 Å². The first-order chi connectivity index (χ1) is 14.1. The van der Waals surface area contributed by atoms with Crippen molar-refractivity contribution in [2.24, 2.45) is 0 Å². The minimum atomic E-state index is -0.271. The molecule has 8 nitrogen and oxygen atoms in total. The van der Waals surface area contributed by atoms with Crippen molar-refractivity contribution in [2.45, 2.75) is 13.0 Å². The summed E-state index contributed by atoms with van der Waals surface area (Å²) in [6.45, 7) is 1.96. The highest BCUT2D eigenvalue weighted by molar-refractivity contribution is 5.54. The van der Waals surface area contributed by atoms with Crippen molar-refractivity contribution in [3.8, 4) is 5.82 Å². The van der Waals surface area contributed by atoms with Gasteiger partial charge < -0.3 is 16.4 Å². The number of nitrogens with zero attached hydrogens (tertiary/aromatic N) is 5. The third-order valence-corrected chi connectivity index (χ3v) is 4.27. The van der Waals surface area contributed by atoms with E-state index in [1.807, 2.05) is 37.3 Å². The van der Waals surface area contributed by atoms with Crippen LogP contribution in [0.25, 0.3) is 5.82 Å². The molecule has 0 bridgehead atoms. The fraction of sp³-hybridized carbons (Fsp3) is 0.100. The van der Waals surface area contributed by atoms with Gasteiger partial charge in [-0.1, -0.05) is 30.3 Å². The van der Waals surface area contributed by atoms with Gasteiger partial charge in [-0.15, -0.1) is 5.10 Å². The van der Waals surface area contributed by atoms with E-state index in [1.54, 1.807) is 18.2 Å². The molecule has 2 aromatic heterocycles. The highest BCUT2D eigenvalue weighted by Gasteiger charge is 2.12. The molecule has 0 aliphatic rings. The van der Waals surface area contributed by atoms with Gasteiger partial charge in [0, 0.05) is 17.8 Å². The van der Waals surface area contributed by atoms with E-state index >= 15 is 0 Å². The summed E-state index contributed by atoms with van der Waals surface area (Å²) >= 11 is 0. The van der Waals surface area contributed by atoms with Gasteiger partial charge in [0.15, 0.2) is 5.82 Å². The number of hydrogen-bond acceptors (Lipinski definition) is 7. The second kappa shape index (κ2) is 7.93. The zero-order chi connectivity index (χ0) is 20.2. The summed E-state index contributed by atoms with van der Waals surface area (Å²) in [4.78, 5) is 12.7. The first-order valence-electron chi connectivity index (χ1n) is 8.97. The van der Waals surface area contributed by atoms with Gasteiger partial charge in [-0.2, -0.15) is 9.67 Å². The molecule has 0 spiro atoms. The lowest BCUT2D eigenvalue weighted by Gasteiger charge is -2.15. The van der Waals surface area contributed by atoms with Gasteiger partial charge in [0.2, 0.25) is 11.9 Å². The van der Waals surface area contributed by atoms with Gasteiger partial charge in [0.25, 0.3) is 0 Å². The Morgan fingerprint density at radius 2 is 1.79 bits per heavy atom. The average Bonchev–Trinajstić information content (AvgIpc) is 3.09. The Hall–Kier alpha value is -4.01. The van der Waals surface area contributed by atoms with E-state index in [-0.39, 0.29) is 17.8 Å². The monoisotopic (exact) mass is 390 g/mol. The van der Waals surface area contributed by atoms with Crippen LogP contribution in [0.3, 0.4) is 0 Å². The Bertz CT molecular complexity index is 1100. The predicted molar refractivity (Wildman–Crippen MR) is 110 cm³/mol. The first kappa shape index (κ1) is 18.4. The molecule has 0 saturated heterocycles. The standard InChI is InChI=1S/C20H19FN8/c1-13(14-7-9-15(21)10-8-14)25-17-11-18(24-12-23-17)29-19(22)27-20(28-29)26-16-5-3-2-4-6-16/h2-13H,1H3,(H,23,24,25)(H3,22,26,27,28). The number of nitrogens with one attached hydrogen (secondary N) is 2. The van der Waals surface area contributed by atoms with Crippen LogP contribution < -0.4 is 16.4 Å². The largest absolute Gasteiger partial charge is 0.368 e. The summed E-state index contributed by atoms with van der Waals surface area (Å²) in [5, 5.41) is 10.7. The summed E-state index contributed by atoms with van der Waals surface area (Å²) in [5.74, 6) is 1.34. The Kier molecular flexibility index (Phi) is 5.02. The lowest BCUT2D eigenvalue weighted by molar-refractivity contribution is 0.626. The highest BCUT2D eigenvalue weighted by Crippen LogP contribution is 2.21. The van der Waals surface area contributed by atoms with Crippen molar-refractivity contribution in [2.75, 3.05) is 16.4 Å². The lowest BCUT2D eigenvalue weighted by Crippen LogP contribution is -2.10. The average molecular weight is 390 g/mol. The molecular formula is C20H19FN8. The third kappa shape index (κ3) is 4.29. The van der Waals surface area contributed by atoms with Gasteiger partial charge in [-0.25, -0.2) is 14.4 Å². The first-order valence-corrected chi connectivity index (χ1v) is 8.97. The predicted octanol–water partition coefficient (Wildman–Crippen LogP) is 3.70. The molecule has 0 amide bonds. The van der Waals surface area contributed by atoms with Crippen LogP contribution in [0.4, 0.5) is 27.8 Å². The summed E-state index contributed by atoms with van der Waals surface area (Å²) in [6.07, 6.45) is 1.42. The van der Waals surface area contributed by atoms with Crippen molar-refractivity contribution in [1.82, 2.24) is 24.7 Å². The molecule has 0 aliphatic heterocycles. The van der Waals surface area contributed by atoms with Gasteiger partial charge in [0.05, 0.1) is 0 Å². The molecule has 4 N–H and O–H groups in total. The molecule has 0 fully saturated rings. The molecular weight excluding hydrogens is 371 g/mol. The topological polar surface area (TPSA) is 107 Å². The van der Waals surface area contributed by atoms with Crippen molar-refractivity contribution >= 4 is 23.4 Å². The number of halogens is 1. The van der Waals surface area contributed by atoms with Crippen molar-refractivity contribution in [3.63, 3.8) is 0 Å². The maximum Gasteiger partial charge on any atom is 0.248 e. The summed E-state index contributed by atoms with van der Waals surface area (Å²) in [6, 6.07) is 17.5. The zero-order valence-corrected chi connectivity index (χ0v) is 15.6. The number of rotatable bonds is 6. The SMILES string of the molecule is CC(Nc1cc(-n2nc(Nc3ccccc3)nc2N)ncn1)c1ccc(F)cc1. The van der Waals surface area contributed by atoms with Crippen LogP contribution in [0, 0.1) is 5.82 Å². The smallest absolute Gasteiger partial charge is 0.248 e. The minimum absolute atomic E-state index is 0.0817. The fourth-order valence-corrected chi connectivity index (χ4v) is 2.79. The molecule has 4 rings (SSSR count). The normalized spacial score (nSPS) is 11.8. The summed E-state index contributed by atoms with van der Waals surface area (Å²) < 4.78 is 14.6. The van der Waals surface area contributed by atoms with E-state index in [2.05, 4.69) is 30.7 Å². The van der Waals surface area contributed by atoms with E-state index in [1.165, 1.54) is 23.1 Å². The van der Waals surface area contributed by atoms with Crippen LogP contribution in [-0.4, -0.2) is 24.7 Å². The molecule has 1 unspecified atom stereocenters. The van der Waals surface area contributed by atoms with Gasteiger partial charge in [0.1, 0.15) is 18.0 Å². The summed E-state index contributed by atoms with van der Waals surface area (Å²) in [5.41, 5.74) is 7.80. The van der Waals surface area contributed by atoms with Crippen LogP contribution in [-0.2, 0) is 0 Å². The number of hydrogen-bond donors (Lipinski definition) is 3. The number of para-hydroxylation sites is 1. The van der Waals surface area contributed by atoms with Crippen molar-refractivity contribution in [3.05, 3.63) is 78.4 Å². The highest BCUT2D eigenvalue weighted by atomic mass is 19.1. The summed E-state index contributed by atoms with van der Waals surface area (Å²) in [7, 11) is 0. The Labute approximate surface area is 166 Å². The molecule has 2 heterocycles. The Morgan fingerprint density at radius 3 is 2.55 bits per heavy atom. The van der Waals surface area contributed by atoms with E-state index in [9.17, 15) is 4.39 Å². The molecule has 4 aromatic rings. The molecule has 1 atom stereocenters. The van der Waals surface area contributed by atoms with Gasteiger partial charge in [-0.3, -0.25) is 0 Å². The van der Waals surface area contributed by atoms with E-state index in [0.717, 1.165) is 11.3 Å². The van der Waals surface area contributed by atoms with Crippen LogP contribution in [0.5, 0.6) is 0 Å². The van der Waals surface area contributed by atoms with E-state index in [0.29, 0.717) is 17.6 Å². The quantitative estimate of drug-likeness (QED) is 0.461. The maximum atomic E-state index is 13.1. The van der Waals surface area contributed by atoms with E-state index in [4.69, 9.17) is 5.73 Å². The molecule has 9 heteroatoms. The zero-order valence-electron chi connectivity index (χ0n) is 15.6. The number of anilines is 4. The van der Waals surface area contributed by atoms with Crippen LogP contribution in [0.15, 0.2) is 67.0 Å². The molecule has 0 aliphatic carbocycles. The van der Waals surface area contributed by atoms with Crippen LogP contribution >= 0.6 is 0 Å². The molecule has 146 valence electrons. The van der Waals surface area contributed by atoms with Crippen molar-refractivity contribution in [1.29, 1.82) is 0 Å². The molecule has 29 heavy (non-hydrogen) atoms. The maximum absolute atomic E-state index is 13.1. The van der Waals surface area contributed by atoms with E-state index < -0.39 is 0 Å². The third-order valence-electron chi connectivity index (χ3n) is 4.27. The van der Waals surface area contributed by atoms with Crippen LogP contribution in [0.1, 0.15) is 18.5 Å². The molecule has 2 aromatic carbocycles. The Morgan fingerprint density at radius 1 is 1.03 bits per heavy atom. The molecule has 0 radical (unpaired) electrons. The number of nitrogens with two attached hydrogens (primary N) is 1. The number of nitrogen functional groups attached to an aromatic ring is 1. The second-order valence-corrected chi connectivity index (χ2v) is 6.38. The van der Waals surface area contributed by atoms with Gasteiger partial charge in [-0.05, 0) is 36.8 Å². The second-order valence-electron chi connectivity index (χ2n) is 6.38. The number of aromatic nitrogens is 5. The minimum Gasteiger partial charge on any atom is -0.368 e. The molecule has 0 saturated carbocycles. The van der Waals surface area contributed by atoms with Crippen LogP contribution in [0.2, 0.25) is 0 Å².